The quantitative estimate of drug-likeness (QED) is 0.0299. The molecular weight excluding hydrogens is 1190 g/mol. The second-order valence-corrected chi connectivity index (χ2v) is 20.6. The van der Waals surface area contributed by atoms with Gasteiger partial charge in [0, 0.05) is 23.3 Å². The van der Waals surface area contributed by atoms with Crippen molar-refractivity contribution in [3.63, 3.8) is 0 Å². The summed E-state index contributed by atoms with van der Waals surface area (Å²) in [4.78, 5) is 40.1. The van der Waals surface area contributed by atoms with Crippen LogP contribution >= 0.6 is 0 Å². The largest absolute Gasteiger partial charge is 0.508 e. The molecule has 0 saturated carbocycles. The minimum atomic E-state index is -2.27. The van der Waals surface area contributed by atoms with Gasteiger partial charge in [0.25, 0.3) is 0 Å². The summed E-state index contributed by atoms with van der Waals surface area (Å²) in [6, 6.07) is 10.4. The number of aliphatic hydroxyl groups excluding tert-OH is 15. The molecule has 2 aromatic heterocycles. The van der Waals surface area contributed by atoms with Crippen molar-refractivity contribution >= 4 is 21.9 Å². The van der Waals surface area contributed by atoms with Gasteiger partial charge in [-0.1, -0.05) is 0 Å². The third-order valence-corrected chi connectivity index (χ3v) is 14.9. The Hall–Kier alpha value is -7.50. The van der Waals surface area contributed by atoms with Crippen molar-refractivity contribution in [2.75, 3.05) is 26.4 Å². The zero-order valence-corrected chi connectivity index (χ0v) is 44.8. The van der Waals surface area contributed by atoms with Gasteiger partial charge in [0.2, 0.25) is 64.8 Å². The van der Waals surface area contributed by atoms with Crippen molar-refractivity contribution in [3.8, 4) is 80.1 Å². The Morgan fingerprint density at radius 1 is 0.375 bits per heavy atom. The predicted molar refractivity (Wildman–Crippen MR) is 281 cm³/mol. The number of hydrogen-bond donors (Lipinski definition) is 20. The average molecular weight is 1250 g/mol. The monoisotopic (exact) mass is 1250 g/mol. The molecular formula is C54H58O34. The van der Waals surface area contributed by atoms with Crippen LogP contribution < -0.4 is 34.7 Å². The smallest absolute Gasteiger partial charge is 0.239 e. The van der Waals surface area contributed by atoms with Crippen molar-refractivity contribution in [1.82, 2.24) is 0 Å². The Balaban J connectivity index is 1.00. The van der Waals surface area contributed by atoms with E-state index in [4.69, 9.17) is 56.5 Å². The topological polar surface area (TPSA) is 557 Å². The van der Waals surface area contributed by atoms with Crippen LogP contribution in [0.2, 0.25) is 0 Å². The van der Waals surface area contributed by atoms with Gasteiger partial charge in [-0.15, -0.1) is 0 Å². The lowest BCUT2D eigenvalue weighted by Crippen LogP contribution is -2.60. The zero-order valence-electron chi connectivity index (χ0n) is 44.8. The van der Waals surface area contributed by atoms with E-state index >= 15 is 0 Å². The Labute approximate surface area is 490 Å². The van der Waals surface area contributed by atoms with Crippen LogP contribution in [0.5, 0.6) is 57.5 Å². The summed E-state index contributed by atoms with van der Waals surface area (Å²) >= 11 is 0. The number of phenols is 5. The van der Waals surface area contributed by atoms with Crippen molar-refractivity contribution in [3.05, 3.63) is 81.1 Å². The van der Waals surface area contributed by atoms with Crippen LogP contribution in [0.1, 0.15) is 0 Å². The molecule has 0 unspecified atom stereocenters. The first-order valence-electron chi connectivity index (χ1n) is 26.5. The van der Waals surface area contributed by atoms with Crippen molar-refractivity contribution in [1.29, 1.82) is 0 Å². The molecule has 6 aromatic rings. The molecule has 34 heteroatoms. The second-order valence-electron chi connectivity index (χ2n) is 20.6. The molecule has 88 heavy (non-hydrogen) atoms. The van der Waals surface area contributed by atoms with E-state index in [9.17, 15) is 112 Å². The van der Waals surface area contributed by atoms with E-state index in [1.54, 1.807) is 0 Å². The Morgan fingerprint density at radius 3 is 1.09 bits per heavy atom. The maximum Gasteiger partial charge on any atom is 0.239 e. The van der Waals surface area contributed by atoms with Gasteiger partial charge in [0.1, 0.15) is 138 Å². The number of phenolic OH excluding ortho intramolecular Hbond substituents is 5. The molecule has 6 heterocycles. The van der Waals surface area contributed by atoms with E-state index in [2.05, 4.69) is 0 Å². The standard InChI is InChI=1S/C54H58O34/c55-11-23-29(63)35(69)39(73)51(78-23)85-46-22(10-20(61)28-34(68)50(44(83-48(28)46)16-3-7-18(59)8-4-16)87-53-41(75)37(71)31(65)25(13-57)80-53)88-77-14-26-32(66)38(72)42(76)54(81-26)84-45-21(62)9-19(60)27-33(67)49(43(82-47(27)45)15-1-5-17(58)6-2-15)86-52-40(74)36(70)30(64)24(12-56)79-52/h1-10,23-26,29-32,35-42,51-66,69-76H,11-14H2/t23-,24-,25-,26-,29-,30-,31-,32-,35+,36+,37+,38+,39-,40-,41-,42-,51+,52+,53+,54+/m1/s1. The fourth-order valence-corrected chi connectivity index (χ4v) is 9.96. The summed E-state index contributed by atoms with van der Waals surface area (Å²) in [5, 5.41) is 212. The average Bonchev–Trinajstić information content (AvgIpc) is 1.07. The fourth-order valence-electron chi connectivity index (χ4n) is 9.96. The Morgan fingerprint density at radius 2 is 0.705 bits per heavy atom. The van der Waals surface area contributed by atoms with Crippen LogP contribution in [0, 0.1) is 0 Å². The molecule has 4 aromatic carbocycles. The number of aromatic hydroxyl groups is 5. The highest BCUT2D eigenvalue weighted by molar-refractivity contribution is 5.94. The van der Waals surface area contributed by atoms with Crippen LogP contribution in [-0.4, -0.2) is 251 Å². The molecule has 10 rings (SSSR count). The normalized spacial score (nSPS) is 32.6. The maximum atomic E-state index is 14.7. The van der Waals surface area contributed by atoms with Gasteiger partial charge >= 0.3 is 0 Å². The first kappa shape index (κ1) is 63.5. The summed E-state index contributed by atoms with van der Waals surface area (Å²) < 4.78 is 57.7. The number of hydrogen-bond acceptors (Lipinski definition) is 34. The van der Waals surface area contributed by atoms with Gasteiger partial charge in [-0.05, 0) is 48.5 Å². The van der Waals surface area contributed by atoms with Gasteiger partial charge < -0.3 is 154 Å². The van der Waals surface area contributed by atoms with Crippen LogP contribution in [-0.2, 0) is 23.8 Å². The first-order chi connectivity index (χ1) is 41.9. The van der Waals surface area contributed by atoms with E-state index < -0.39 is 240 Å². The van der Waals surface area contributed by atoms with Gasteiger partial charge in [0.05, 0.1) is 19.8 Å². The summed E-state index contributed by atoms with van der Waals surface area (Å²) in [6.45, 7) is -3.89. The predicted octanol–water partition coefficient (Wildman–Crippen LogP) is -5.51. The molecule has 0 radical (unpaired) electrons. The summed E-state index contributed by atoms with van der Waals surface area (Å²) in [7, 11) is 0. The highest BCUT2D eigenvalue weighted by atomic mass is 17.2. The second kappa shape index (κ2) is 25.5. The molecule has 4 saturated heterocycles. The molecule has 4 aliphatic rings. The third-order valence-electron chi connectivity index (χ3n) is 14.9. The van der Waals surface area contributed by atoms with E-state index in [0.717, 1.165) is 24.3 Å². The van der Waals surface area contributed by atoms with Crippen molar-refractivity contribution in [2.24, 2.45) is 0 Å². The first-order valence-corrected chi connectivity index (χ1v) is 26.5. The van der Waals surface area contributed by atoms with Gasteiger partial charge in [-0.25, -0.2) is 0 Å². The molecule has 34 nitrogen and oxygen atoms in total. The summed E-state index contributed by atoms with van der Waals surface area (Å²) in [6.07, 6.45) is -40.0. The molecule has 478 valence electrons. The number of aliphatic hydroxyl groups is 15. The SMILES string of the molecule is O=c1c(O[C@@H]2O[C@H](CO)[C@@H](O)[C@H](O)[C@H]2O)c(-c2ccc(O)cc2)oc2c(O[C@@H]3O[C@H](COOc4cc(O)c5c(=O)c(O[C@@H]6O[C@H](CO)[C@@H](O)[C@H](O)[C@H]6O)c(-c6ccc(O)cc6)oc5c4O[C@@H]4O[C@H](CO)[C@@H](O)[C@H](O)[C@H]4O)[C@@H](O)[C@H](O)[C@H]3O)c(O)cc(O)c12. The van der Waals surface area contributed by atoms with E-state index in [0.29, 0.717) is 12.1 Å². The number of rotatable bonds is 17. The minimum absolute atomic E-state index is 0.0955. The zero-order chi connectivity index (χ0) is 63.5. The summed E-state index contributed by atoms with van der Waals surface area (Å²) in [5.74, 6) is -9.40. The number of ether oxygens (including phenoxy) is 8. The van der Waals surface area contributed by atoms with Crippen molar-refractivity contribution < 1.29 is 159 Å². The fraction of sp³-hybridized carbons (Fsp3) is 0.444. The Bertz CT molecular complexity index is 3570. The summed E-state index contributed by atoms with van der Waals surface area (Å²) in [5.41, 5.74) is -4.57. The van der Waals surface area contributed by atoms with Crippen molar-refractivity contribution in [2.45, 2.75) is 123 Å². The minimum Gasteiger partial charge on any atom is -0.508 e. The van der Waals surface area contributed by atoms with E-state index in [1.807, 2.05) is 0 Å². The molecule has 0 spiro atoms. The third kappa shape index (κ3) is 11.7. The van der Waals surface area contributed by atoms with Crippen LogP contribution in [0.15, 0.2) is 79.1 Å². The van der Waals surface area contributed by atoms with E-state index in [1.165, 1.54) is 24.3 Å². The lowest BCUT2D eigenvalue weighted by Gasteiger charge is -2.40. The number of benzene rings is 4. The Kier molecular flexibility index (Phi) is 18.4. The van der Waals surface area contributed by atoms with Gasteiger partial charge in [0.15, 0.2) is 28.4 Å². The molecule has 20 atom stereocenters. The van der Waals surface area contributed by atoms with Gasteiger partial charge in [-0.2, -0.15) is 4.89 Å². The lowest BCUT2D eigenvalue weighted by molar-refractivity contribution is -0.307. The molecule has 4 fully saturated rings. The number of fused-ring (bicyclic) bond motifs is 2. The molecule has 4 aliphatic heterocycles. The molecule has 0 aliphatic carbocycles. The highest BCUT2D eigenvalue weighted by Crippen LogP contribution is 2.48. The van der Waals surface area contributed by atoms with E-state index in [-0.39, 0.29) is 22.6 Å². The maximum absolute atomic E-state index is 14.7. The molecule has 0 bridgehead atoms. The van der Waals surface area contributed by atoms with Crippen LogP contribution in [0.4, 0.5) is 0 Å². The van der Waals surface area contributed by atoms with Crippen LogP contribution in [0.3, 0.4) is 0 Å². The lowest BCUT2D eigenvalue weighted by atomic mass is 9.99. The molecule has 20 N–H and O–H groups in total. The van der Waals surface area contributed by atoms with Gasteiger partial charge in [-0.3, -0.25) is 9.59 Å². The highest BCUT2D eigenvalue weighted by Gasteiger charge is 2.50. The van der Waals surface area contributed by atoms with Crippen LogP contribution in [0.25, 0.3) is 44.6 Å². The molecule has 0 amide bonds.